The molecule has 0 bridgehead atoms. The van der Waals surface area contributed by atoms with Crippen LogP contribution in [-0.4, -0.2) is 18.0 Å². The molecule has 1 amide bonds. The van der Waals surface area contributed by atoms with E-state index in [9.17, 15) is 4.79 Å². The molecule has 17 heavy (non-hydrogen) atoms. The molecule has 1 rings (SSSR count). The third-order valence-electron chi connectivity index (χ3n) is 2.85. The first-order valence-electron chi connectivity index (χ1n) is 6.20. The summed E-state index contributed by atoms with van der Waals surface area (Å²) in [5.41, 5.74) is 6.50. The normalized spacial score (nSPS) is 14.2. The molecule has 0 aliphatic carbocycles. The number of primary amides is 1. The monoisotopic (exact) mass is 234 g/mol. The highest BCUT2D eigenvalue weighted by Crippen LogP contribution is 2.07. The smallest absolute Gasteiger partial charge is 0.218 e. The number of carbonyl (C=O) groups is 1. The molecule has 0 fully saturated rings. The van der Waals surface area contributed by atoms with E-state index in [1.807, 2.05) is 13.0 Å². The summed E-state index contributed by atoms with van der Waals surface area (Å²) < 4.78 is 0. The van der Waals surface area contributed by atoms with Crippen LogP contribution in [0.4, 0.5) is 0 Å². The van der Waals surface area contributed by atoms with Gasteiger partial charge in [0, 0.05) is 18.5 Å². The molecule has 2 unspecified atom stereocenters. The van der Waals surface area contributed by atoms with Gasteiger partial charge in [-0.3, -0.25) is 4.79 Å². The Bertz CT molecular complexity index is 337. The molecular weight excluding hydrogens is 212 g/mol. The molecule has 0 aromatic heterocycles. The second-order valence-corrected chi connectivity index (χ2v) is 4.53. The van der Waals surface area contributed by atoms with Gasteiger partial charge in [0.15, 0.2) is 0 Å². The standard InChI is InChI=1S/C14H22N2O/c1-3-13(16-11(2)9-14(15)17)10-12-7-5-4-6-8-12/h4-8,11,13,16H,3,9-10H2,1-2H3,(H2,15,17). The Labute approximate surface area is 103 Å². The van der Waals surface area contributed by atoms with Crippen LogP contribution in [0.3, 0.4) is 0 Å². The van der Waals surface area contributed by atoms with Crippen molar-refractivity contribution in [2.45, 2.75) is 45.2 Å². The van der Waals surface area contributed by atoms with Crippen molar-refractivity contribution < 1.29 is 4.79 Å². The number of nitrogens with two attached hydrogens (primary N) is 1. The van der Waals surface area contributed by atoms with Gasteiger partial charge < -0.3 is 11.1 Å². The van der Waals surface area contributed by atoms with Crippen molar-refractivity contribution in [2.24, 2.45) is 5.73 Å². The number of nitrogens with one attached hydrogen (secondary N) is 1. The van der Waals surface area contributed by atoms with Crippen molar-refractivity contribution in [3.05, 3.63) is 35.9 Å². The molecule has 3 heteroatoms. The minimum atomic E-state index is -0.250. The van der Waals surface area contributed by atoms with Gasteiger partial charge in [0.05, 0.1) is 0 Å². The number of amides is 1. The Morgan fingerprint density at radius 3 is 2.53 bits per heavy atom. The molecule has 3 N–H and O–H groups in total. The van der Waals surface area contributed by atoms with Crippen molar-refractivity contribution in [3.8, 4) is 0 Å². The molecule has 94 valence electrons. The van der Waals surface area contributed by atoms with Crippen LogP contribution in [0.25, 0.3) is 0 Å². The summed E-state index contributed by atoms with van der Waals surface area (Å²) in [7, 11) is 0. The van der Waals surface area contributed by atoms with Crippen LogP contribution in [0.1, 0.15) is 32.3 Å². The SMILES string of the molecule is CCC(Cc1ccccc1)NC(C)CC(N)=O. The van der Waals surface area contributed by atoms with Gasteiger partial charge in [-0.1, -0.05) is 37.3 Å². The predicted molar refractivity (Wildman–Crippen MR) is 70.6 cm³/mol. The number of hydrogen-bond donors (Lipinski definition) is 2. The van der Waals surface area contributed by atoms with E-state index in [4.69, 9.17) is 5.73 Å². The fourth-order valence-electron chi connectivity index (χ4n) is 1.98. The van der Waals surface area contributed by atoms with Crippen LogP contribution < -0.4 is 11.1 Å². The van der Waals surface area contributed by atoms with E-state index in [0.29, 0.717) is 12.5 Å². The van der Waals surface area contributed by atoms with Gasteiger partial charge in [-0.05, 0) is 25.3 Å². The summed E-state index contributed by atoms with van der Waals surface area (Å²) in [6.45, 7) is 4.15. The summed E-state index contributed by atoms with van der Waals surface area (Å²) in [4.78, 5) is 10.8. The number of carbonyl (C=O) groups excluding carboxylic acids is 1. The largest absolute Gasteiger partial charge is 0.370 e. The molecular formula is C14H22N2O. The molecule has 1 aromatic carbocycles. The van der Waals surface area contributed by atoms with E-state index in [1.165, 1.54) is 5.56 Å². The second kappa shape index (κ2) is 7.07. The van der Waals surface area contributed by atoms with Crippen LogP contribution in [0.2, 0.25) is 0 Å². The number of benzene rings is 1. The van der Waals surface area contributed by atoms with E-state index >= 15 is 0 Å². The van der Waals surface area contributed by atoms with E-state index in [-0.39, 0.29) is 11.9 Å². The van der Waals surface area contributed by atoms with Crippen molar-refractivity contribution in [2.75, 3.05) is 0 Å². The molecule has 0 heterocycles. The van der Waals surface area contributed by atoms with Crippen LogP contribution in [-0.2, 0) is 11.2 Å². The van der Waals surface area contributed by atoms with Gasteiger partial charge in [0.25, 0.3) is 0 Å². The summed E-state index contributed by atoms with van der Waals surface area (Å²) in [5.74, 6) is -0.250. The lowest BCUT2D eigenvalue weighted by atomic mass is 10.0. The highest BCUT2D eigenvalue weighted by Gasteiger charge is 2.12. The maximum Gasteiger partial charge on any atom is 0.218 e. The maximum absolute atomic E-state index is 10.8. The molecule has 3 nitrogen and oxygen atoms in total. The summed E-state index contributed by atoms with van der Waals surface area (Å²) in [5, 5.41) is 3.45. The van der Waals surface area contributed by atoms with Crippen LogP contribution in [0, 0.1) is 0 Å². The Kier molecular flexibility index (Phi) is 5.70. The highest BCUT2D eigenvalue weighted by atomic mass is 16.1. The zero-order valence-electron chi connectivity index (χ0n) is 10.6. The zero-order chi connectivity index (χ0) is 12.7. The summed E-state index contributed by atoms with van der Waals surface area (Å²) in [6, 6.07) is 10.9. The Hall–Kier alpha value is -1.35. The summed E-state index contributed by atoms with van der Waals surface area (Å²) in [6.07, 6.45) is 2.42. The molecule has 1 aromatic rings. The van der Waals surface area contributed by atoms with Crippen molar-refractivity contribution in [1.29, 1.82) is 0 Å². The topological polar surface area (TPSA) is 55.1 Å². The lowest BCUT2D eigenvalue weighted by Gasteiger charge is -2.21. The minimum Gasteiger partial charge on any atom is -0.370 e. The Morgan fingerprint density at radius 1 is 1.35 bits per heavy atom. The van der Waals surface area contributed by atoms with Crippen LogP contribution in [0.5, 0.6) is 0 Å². The van der Waals surface area contributed by atoms with Gasteiger partial charge in [-0.2, -0.15) is 0 Å². The Balaban J connectivity index is 2.46. The van der Waals surface area contributed by atoms with Crippen molar-refractivity contribution >= 4 is 5.91 Å². The molecule has 0 aliphatic heterocycles. The van der Waals surface area contributed by atoms with Crippen molar-refractivity contribution in [1.82, 2.24) is 5.32 Å². The number of hydrogen-bond acceptors (Lipinski definition) is 2. The molecule has 0 saturated carbocycles. The van der Waals surface area contributed by atoms with Gasteiger partial charge >= 0.3 is 0 Å². The lowest BCUT2D eigenvalue weighted by Crippen LogP contribution is -2.39. The molecule has 0 saturated heterocycles. The average Bonchev–Trinajstić information content (AvgIpc) is 2.28. The quantitative estimate of drug-likeness (QED) is 0.756. The fourth-order valence-corrected chi connectivity index (χ4v) is 1.98. The third-order valence-corrected chi connectivity index (χ3v) is 2.85. The number of rotatable bonds is 7. The van der Waals surface area contributed by atoms with E-state index in [0.717, 1.165) is 12.8 Å². The molecule has 0 aliphatic rings. The van der Waals surface area contributed by atoms with Gasteiger partial charge in [0.2, 0.25) is 5.91 Å². The van der Waals surface area contributed by atoms with Gasteiger partial charge in [-0.25, -0.2) is 0 Å². The van der Waals surface area contributed by atoms with Crippen molar-refractivity contribution in [3.63, 3.8) is 0 Å². The van der Waals surface area contributed by atoms with Crippen LogP contribution >= 0.6 is 0 Å². The fraction of sp³-hybridized carbons (Fsp3) is 0.500. The second-order valence-electron chi connectivity index (χ2n) is 4.53. The maximum atomic E-state index is 10.8. The Morgan fingerprint density at radius 2 is 2.00 bits per heavy atom. The van der Waals surface area contributed by atoms with E-state index in [1.54, 1.807) is 0 Å². The van der Waals surface area contributed by atoms with E-state index in [2.05, 4.69) is 36.5 Å². The first-order chi connectivity index (χ1) is 8.11. The van der Waals surface area contributed by atoms with Gasteiger partial charge in [0.1, 0.15) is 0 Å². The average molecular weight is 234 g/mol. The first-order valence-corrected chi connectivity index (χ1v) is 6.20. The van der Waals surface area contributed by atoms with E-state index < -0.39 is 0 Å². The third kappa shape index (κ3) is 5.50. The lowest BCUT2D eigenvalue weighted by molar-refractivity contribution is -0.118. The van der Waals surface area contributed by atoms with Crippen LogP contribution in [0.15, 0.2) is 30.3 Å². The molecule has 2 atom stereocenters. The zero-order valence-corrected chi connectivity index (χ0v) is 10.6. The summed E-state index contributed by atoms with van der Waals surface area (Å²) >= 11 is 0. The molecule has 0 spiro atoms. The first kappa shape index (κ1) is 13.7. The van der Waals surface area contributed by atoms with Gasteiger partial charge in [-0.15, -0.1) is 0 Å². The molecule has 0 radical (unpaired) electrons. The highest BCUT2D eigenvalue weighted by molar-refractivity contribution is 5.74. The predicted octanol–water partition coefficient (Wildman–Crippen LogP) is 1.86. The minimum absolute atomic E-state index is 0.140.